The Labute approximate surface area is 105 Å². The van der Waals surface area contributed by atoms with E-state index >= 15 is 0 Å². The maximum atomic E-state index is 11.9. The highest BCUT2D eigenvalue weighted by Gasteiger charge is 2.37. The number of nitrogens with two attached hydrogens (primary N) is 1. The van der Waals surface area contributed by atoms with Crippen LogP contribution in [0.15, 0.2) is 30.3 Å². The molecule has 1 aromatic carbocycles. The van der Waals surface area contributed by atoms with Crippen LogP contribution in [0.1, 0.15) is 18.0 Å². The molecule has 0 saturated carbocycles. The van der Waals surface area contributed by atoms with E-state index in [1.165, 1.54) is 4.90 Å². The van der Waals surface area contributed by atoms with Crippen LogP contribution < -0.4 is 5.73 Å². The van der Waals surface area contributed by atoms with Crippen molar-refractivity contribution in [2.24, 2.45) is 11.7 Å². The van der Waals surface area contributed by atoms with Crippen LogP contribution in [-0.4, -0.2) is 35.0 Å². The zero-order valence-electron chi connectivity index (χ0n) is 9.95. The third-order valence-corrected chi connectivity index (χ3v) is 3.29. The average molecular weight is 248 g/mol. The van der Waals surface area contributed by atoms with Gasteiger partial charge in [-0.05, 0) is 5.56 Å². The summed E-state index contributed by atoms with van der Waals surface area (Å²) in [6.07, 6.45) is 0.138. The Morgan fingerprint density at radius 2 is 2.11 bits per heavy atom. The second-order valence-electron chi connectivity index (χ2n) is 4.46. The van der Waals surface area contributed by atoms with Gasteiger partial charge >= 0.3 is 0 Å². The molecule has 1 saturated heterocycles. The minimum absolute atomic E-state index is 0.137. The van der Waals surface area contributed by atoms with E-state index in [2.05, 4.69) is 0 Å². The minimum Gasteiger partial charge on any atom is -0.394 e. The van der Waals surface area contributed by atoms with Crippen molar-refractivity contribution < 1.29 is 14.7 Å². The largest absolute Gasteiger partial charge is 0.394 e. The number of rotatable bonds is 4. The standard InChI is InChI=1S/C13H16N2O3/c14-13(18)10-6-12(17)15(7-10)11(8-16)9-4-2-1-3-5-9/h1-5,10-11,16H,6-8H2,(H2,14,18). The molecule has 0 aromatic heterocycles. The van der Waals surface area contributed by atoms with Crippen LogP contribution >= 0.6 is 0 Å². The number of carbonyl (C=O) groups is 2. The summed E-state index contributed by atoms with van der Waals surface area (Å²) in [5.74, 6) is -1.05. The van der Waals surface area contributed by atoms with E-state index in [0.29, 0.717) is 0 Å². The number of carbonyl (C=O) groups excluding carboxylic acids is 2. The fraction of sp³-hybridized carbons (Fsp3) is 0.385. The number of hydrogen-bond donors (Lipinski definition) is 2. The number of benzene rings is 1. The monoisotopic (exact) mass is 248 g/mol. The quantitative estimate of drug-likeness (QED) is 0.790. The molecule has 0 spiro atoms. The van der Waals surface area contributed by atoms with Gasteiger partial charge in [0, 0.05) is 13.0 Å². The van der Waals surface area contributed by atoms with Crippen LogP contribution in [0.25, 0.3) is 0 Å². The SMILES string of the molecule is NC(=O)C1CC(=O)N(C(CO)c2ccccc2)C1. The van der Waals surface area contributed by atoms with Gasteiger partial charge in [0.15, 0.2) is 0 Å². The predicted molar refractivity (Wildman–Crippen MR) is 65.3 cm³/mol. The summed E-state index contributed by atoms with van der Waals surface area (Å²) in [4.78, 5) is 24.5. The number of nitrogens with zero attached hydrogens (tertiary/aromatic N) is 1. The molecule has 1 fully saturated rings. The number of likely N-dealkylation sites (tertiary alicyclic amines) is 1. The molecular weight excluding hydrogens is 232 g/mol. The fourth-order valence-corrected chi connectivity index (χ4v) is 2.28. The highest BCUT2D eigenvalue weighted by molar-refractivity contribution is 5.88. The Balaban J connectivity index is 2.19. The first-order chi connectivity index (χ1) is 8.63. The molecule has 1 aliphatic rings. The van der Waals surface area contributed by atoms with Gasteiger partial charge in [0.2, 0.25) is 11.8 Å². The van der Waals surface area contributed by atoms with E-state index in [0.717, 1.165) is 5.56 Å². The first-order valence-corrected chi connectivity index (χ1v) is 5.88. The van der Waals surface area contributed by atoms with Gasteiger partial charge in [-0.15, -0.1) is 0 Å². The Morgan fingerprint density at radius 3 is 2.61 bits per heavy atom. The molecule has 2 unspecified atom stereocenters. The normalized spacial score (nSPS) is 21.1. The average Bonchev–Trinajstić information content (AvgIpc) is 2.74. The van der Waals surface area contributed by atoms with Crippen molar-refractivity contribution in [2.75, 3.05) is 13.2 Å². The highest BCUT2D eigenvalue weighted by atomic mass is 16.3. The number of primary amides is 1. The molecular formula is C13H16N2O3. The topological polar surface area (TPSA) is 83.6 Å². The molecule has 18 heavy (non-hydrogen) atoms. The maximum absolute atomic E-state index is 11.9. The molecule has 0 aliphatic carbocycles. The van der Waals surface area contributed by atoms with Crippen molar-refractivity contribution in [3.8, 4) is 0 Å². The molecule has 0 bridgehead atoms. The second-order valence-corrected chi connectivity index (χ2v) is 4.46. The summed E-state index contributed by atoms with van der Waals surface area (Å²) in [5, 5.41) is 9.47. The Bertz CT molecular complexity index is 447. The summed E-state index contributed by atoms with van der Waals surface area (Å²) in [6.45, 7) is 0.121. The molecule has 5 nitrogen and oxygen atoms in total. The fourth-order valence-electron chi connectivity index (χ4n) is 2.28. The molecule has 1 aromatic rings. The molecule has 2 atom stereocenters. The van der Waals surface area contributed by atoms with E-state index in [4.69, 9.17) is 5.73 Å². The van der Waals surface area contributed by atoms with E-state index in [9.17, 15) is 14.7 Å². The van der Waals surface area contributed by atoms with Crippen LogP contribution in [0.4, 0.5) is 0 Å². The van der Waals surface area contributed by atoms with Gasteiger partial charge in [0.25, 0.3) is 0 Å². The maximum Gasteiger partial charge on any atom is 0.224 e. The van der Waals surface area contributed by atoms with Gasteiger partial charge in [-0.2, -0.15) is 0 Å². The zero-order valence-corrected chi connectivity index (χ0v) is 9.95. The first kappa shape index (κ1) is 12.6. The van der Waals surface area contributed by atoms with E-state index in [1.54, 1.807) is 0 Å². The van der Waals surface area contributed by atoms with Gasteiger partial charge in [-0.3, -0.25) is 9.59 Å². The van der Waals surface area contributed by atoms with Gasteiger partial charge in [-0.25, -0.2) is 0 Å². The molecule has 2 rings (SSSR count). The summed E-state index contributed by atoms with van der Waals surface area (Å²) in [5.41, 5.74) is 6.08. The van der Waals surface area contributed by atoms with Gasteiger partial charge < -0.3 is 15.7 Å². The number of hydrogen-bond acceptors (Lipinski definition) is 3. The summed E-state index contributed by atoms with van der Waals surface area (Å²) in [7, 11) is 0. The lowest BCUT2D eigenvalue weighted by Gasteiger charge is -2.26. The summed E-state index contributed by atoms with van der Waals surface area (Å²) in [6, 6.07) is 8.88. The van der Waals surface area contributed by atoms with E-state index < -0.39 is 17.9 Å². The molecule has 5 heteroatoms. The van der Waals surface area contributed by atoms with Crippen molar-refractivity contribution in [3.05, 3.63) is 35.9 Å². The van der Waals surface area contributed by atoms with Crippen molar-refractivity contribution in [1.29, 1.82) is 0 Å². The molecule has 3 N–H and O–H groups in total. The second kappa shape index (κ2) is 5.18. The molecule has 0 radical (unpaired) electrons. The minimum atomic E-state index is -0.462. The third-order valence-electron chi connectivity index (χ3n) is 3.29. The summed E-state index contributed by atoms with van der Waals surface area (Å²) >= 11 is 0. The van der Waals surface area contributed by atoms with E-state index in [-0.39, 0.29) is 25.5 Å². The van der Waals surface area contributed by atoms with Crippen LogP contribution in [0.2, 0.25) is 0 Å². The Morgan fingerprint density at radius 1 is 1.44 bits per heavy atom. The molecule has 96 valence electrons. The van der Waals surface area contributed by atoms with Gasteiger partial charge in [0.1, 0.15) is 0 Å². The van der Waals surface area contributed by atoms with E-state index in [1.807, 2.05) is 30.3 Å². The van der Waals surface area contributed by atoms with Crippen molar-refractivity contribution in [2.45, 2.75) is 12.5 Å². The van der Waals surface area contributed by atoms with Crippen LogP contribution in [0, 0.1) is 5.92 Å². The molecule has 1 heterocycles. The predicted octanol–water partition coefficient (Wildman–Crippen LogP) is 0.0538. The summed E-state index contributed by atoms with van der Waals surface area (Å²) < 4.78 is 0. The highest BCUT2D eigenvalue weighted by Crippen LogP contribution is 2.28. The molecule has 1 aliphatic heterocycles. The Kier molecular flexibility index (Phi) is 3.62. The van der Waals surface area contributed by atoms with Gasteiger partial charge in [-0.1, -0.05) is 30.3 Å². The van der Waals surface area contributed by atoms with Crippen molar-refractivity contribution in [3.63, 3.8) is 0 Å². The van der Waals surface area contributed by atoms with Crippen molar-refractivity contribution >= 4 is 11.8 Å². The smallest absolute Gasteiger partial charge is 0.224 e. The van der Waals surface area contributed by atoms with Gasteiger partial charge in [0.05, 0.1) is 18.6 Å². The number of amides is 2. The lowest BCUT2D eigenvalue weighted by molar-refractivity contribution is -0.131. The molecule has 2 amide bonds. The zero-order chi connectivity index (χ0) is 13.1. The van der Waals surface area contributed by atoms with Crippen LogP contribution in [-0.2, 0) is 9.59 Å². The first-order valence-electron chi connectivity index (χ1n) is 5.88. The number of aliphatic hydroxyl groups excluding tert-OH is 1. The van der Waals surface area contributed by atoms with Crippen LogP contribution in [0.3, 0.4) is 0 Å². The number of aliphatic hydroxyl groups is 1. The Hall–Kier alpha value is -1.88. The third kappa shape index (κ3) is 2.36. The van der Waals surface area contributed by atoms with Crippen LogP contribution in [0.5, 0.6) is 0 Å². The lowest BCUT2D eigenvalue weighted by Crippen LogP contribution is -2.34. The lowest BCUT2D eigenvalue weighted by atomic mass is 10.1. The van der Waals surface area contributed by atoms with Crippen molar-refractivity contribution in [1.82, 2.24) is 4.90 Å².